The Bertz CT molecular complexity index is 550. The summed E-state index contributed by atoms with van der Waals surface area (Å²) in [6.07, 6.45) is 4.52. The SMILES string of the molecule is Cc1nc(Nc2ncccn2)cc([C@H]2CCNC2)n1. The van der Waals surface area contributed by atoms with Crippen LogP contribution in [-0.4, -0.2) is 33.0 Å². The maximum Gasteiger partial charge on any atom is 0.228 e. The highest BCUT2D eigenvalue weighted by Crippen LogP contribution is 2.23. The first-order valence-corrected chi connectivity index (χ1v) is 6.41. The topological polar surface area (TPSA) is 75.6 Å². The lowest BCUT2D eigenvalue weighted by Crippen LogP contribution is -2.10. The van der Waals surface area contributed by atoms with Gasteiger partial charge < -0.3 is 10.6 Å². The van der Waals surface area contributed by atoms with E-state index in [1.54, 1.807) is 18.5 Å². The Morgan fingerprint density at radius 2 is 2.11 bits per heavy atom. The number of aromatic nitrogens is 4. The van der Waals surface area contributed by atoms with Crippen LogP contribution in [-0.2, 0) is 0 Å². The van der Waals surface area contributed by atoms with E-state index >= 15 is 0 Å². The first-order chi connectivity index (χ1) is 9.31. The van der Waals surface area contributed by atoms with E-state index in [-0.39, 0.29) is 0 Å². The van der Waals surface area contributed by atoms with Crippen molar-refractivity contribution in [1.29, 1.82) is 0 Å². The first kappa shape index (κ1) is 12.0. The van der Waals surface area contributed by atoms with Crippen molar-refractivity contribution in [3.8, 4) is 0 Å². The zero-order chi connectivity index (χ0) is 13.1. The number of hydrogen-bond acceptors (Lipinski definition) is 6. The summed E-state index contributed by atoms with van der Waals surface area (Å²) in [5.74, 6) is 2.54. The molecule has 1 saturated heterocycles. The number of anilines is 2. The highest BCUT2D eigenvalue weighted by Gasteiger charge is 2.19. The molecule has 0 amide bonds. The second-order valence-electron chi connectivity index (χ2n) is 4.61. The highest BCUT2D eigenvalue weighted by atomic mass is 15.1. The maximum absolute atomic E-state index is 4.53. The maximum atomic E-state index is 4.53. The fraction of sp³-hybridized carbons (Fsp3) is 0.385. The molecule has 0 aromatic carbocycles. The molecule has 0 saturated carbocycles. The number of rotatable bonds is 3. The summed E-state index contributed by atoms with van der Waals surface area (Å²) < 4.78 is 0. The first-order valence-electron chi connectivity index (χ1n) is 6.41. The molecule has 1 aliphatic rings. The van der Waals surface area contributed by atoms with Crippen LogP contribution in [0, 0.1) is 6.92 Å². The number of nitrogens with zero attached hydrogens (tertiary/aromatic N) is 4. The average molecular weight is 256 g/mol. The van der Waals surface area contributed by atoms with Crippen molar-refractivity contribution in [2.24, 2.45) is 0 Å². The van der Waals surface area contributed by atoms with Crippen LogP contribution in [0.15, 0.2) is 24.5 Å². The van der Waals surface area contributed by atoms with Gasteiger partial charge in [-0.1, -0.05) is 0 Å². The molecular formula is C13H16N6. The number of hydrogen-bond donors (Lipinski definition) is 2. The lowest BCUT2D eigenvalue weighted by Gasteiger charge is -2.11. The van der Waals surface area contributed by atoms with Gasteiger partial charge in [0.1, 0.15) is 11.6 Å². The summed E-state index contributed by atoms with van der Waals surface area (Å²) in [5, 5.41) is 6.47. The molecule has 98 valence electrons. The molecule has 6 heteroatoms. The van der Waals surface area contributed by atoms with Gasteiger partial charge in [0.15, 0.2) is 0 Å². The van der Waals surface area contributed by atoms with Crippen LogP contribution in [0.3, 0.4) is 0 Å². The summed E-state index contributed by atoms with van der Waals surface area (Å²) in [6, 6.07) is 3.77. The third-order valence-electron chi connectivity index (χ3n) is 3.14. The zero-order valence-corrected chi connectivity index (χ0v) is 10.8. The molecule has 2 aromatic heterocycles. The van der Waals surface area contributed by atoms with E-state index in [1.807, 2.05) is 13.0 Å². The molecule has 0 unspecified atom stereocenters. The minimum Gasteiger partial charge on any atom is -0.316 e. The molecule has 1 atom stereocenters. The van der Waals surface area contributed by atoms with Gasteiger partial charge in [0.2, 0.25) is 5.95 Å². The predicted molar refractivity (Wildman–Crippen MR) is 72.3 cm³/mol. The molecule has 0 spiro atoms. The van der Waals surface area contributed by atoms with Crippen molar-refractivity contribution in [2.75, 3.05) is 18.4 Å². The lowest BCUT2D eigenvalue weighted by atomic mass is 10.0. The minimum absolute atomic E-state index is 0.471. The summed E-state index contributed by atoms with van der Waals surface area (Å²) in [6.45, 7) is 3.94. The van der Waals surface area contributed by atoms with Gasteiger partial charge in [0, 0.05) is 30.9 Å². The Labute approximate surface area is 111 Å². The van der Waals surface area contributed by atoms with E-state index in [9.17, 15) is 0 Å². The van der Waals surface area contributed by atoms with Crippen molar-refractivity contribution in [3.63, 3.8) is 0 Å². The van der Waals surface area contributed by atoms with Gasteiger partial charge >= 0.3 is 0 Å². The van der Waals surface area contributed by atoms with Gasteiger partial charge in [-0.15, -0.1) is 0 Å². The molecule has 0 bridgehead atoms. The fourth-order valence-electron chi connectivity index (χ4n) is 2.25. The second-order valence-corrected chi connectivity index (χ2v) is 4.61. The highest BCUT2D eigenvalue weighted by molar-refractivity contribution is 5.48. The predicted octanol–water partition coefficient (Wildman–Crippen LogP) is 1.40. The quantitative estimate of drug-likeness (QED) is 0.864. The van der Waals surface area contributed by atoms with Gasteiger partial charge in [-0.25, -0.2) is 19.9 Å². The normalized spacial score (nSPS) is 18.5. The molecule has 1 aliphatic heterocycles. The van der Waals surface area contributed by atoms with Crippen LogP contribution in [0.1, 0.15) is 23.9 Å². The van der Waals surface area contributed by atoms with Crippen molar-refractivity contribution in [1.82, 2.24) is 25.3 Å². The Morgan fingerprint density at radius 3 is 2.84 bits per heavy atom. The van der Waals surface area contributed by atoms with Crippen LogP contribution in [0.4, 0.5) is 11.8 Å². The van der Waals surface area contributed by atoms with Gasteiger partial charge in [-0.05, 0) is 26.0 Å². The third kappa shape index (κ3) is 2.85. The molecule has 2 N–H and O–H groups in total. The zero-order valence-electron chi connectivity index (χ0n) is 10.8. The van der Waals surface area contributed by atoms with E-state index in [0.717, 1.165) is 36.8 Å². The molecule has 3 rings (SSSR count). The molecule has 6 nitrogen and oxygen atoms in total. The summed E-state index contributed by atoms with van der Waals surface area (Å²) >= 11 is 0. The van der Waals surface area contributed by atoms with Crippen molar-refractivity contribution < 1.29 is 0 Å². The van der Waals surface area contributed by atoms with Crippen molar-refractivity contribution in [3.05, 3.63) is 36.0 Å². The molecular weight excluding hydrogens is 240 g/mol. The lowest BCUT2D eigenvalue weighted by molar-refractivity contribution is 0.725. The van der Waals surface area contributed by atoms with Crippen LogP contribution >= 0.6 is 0 Å². The molecule has 0 aliphatic carbocycles. The molecule has 3 heterocycles. The monoisotopic (exact) mass is 256 g/mol. The molecule has 19 heavy (non-hydrogen) atoms. The van der Waals surface area contributed by atoms with Crippen LogP contribution in [0.5, 0.6) is 0 Å². The number of aryl methyl sites for hydroxylation is 1. The largest absolute Gasteiger partial charge is 0.316 e. The average Bonchev–Trinajstić information content (AvgIpc) is 2.93. The van der Waals surface area contributed by atoms with Gasteiger partial charge in [0.25, 0.3) is 0 Å². The van der Waals surface area contributed by atoms with Crippen LogP contribution in [0.25, 0.3) is 0 Å². The van der Waals surface area contributed by atoms with Gasteiger partial charge in [0.05, 0.1) is 5.69 Å². The summed E-state index contributed by atoms with van der Waals surface area (Å²) in [7, 11) is 0. The number of nitrogens with one attached hydrogen (secondary N) is 2. The Kier molecular flexibility index (Phi) is 3.33. The van der Waals surface area contributed by atoms with E-state index in [4.69, 9.17) is 0 Å². The van der Waals surface area contributed by atoms with Crippen LogP contribution in [0.2, 0.25) is 0 Å². The fourth-order valence-corrected chi connectivity index (χ4v) is 2.25. The van der Waals surface area contributed by atoms with E-state index in [0.29, 0.717) is 11.9 Å². The van der Waals surface area contributed by atoms with E-state index in [1.165, 1.54) is 0 Å². The molecule has 2 aromatic rings. The van der Waals surface area contributed by atoms with Crippen molar-refractivity contribution in [2.45, 2.75) is 19.3 Å². The third-order valence-corrected chi connectivity index (χ3v) is 3.14. The van der Waals surface area contributed by atoms with Crippen LogP contribution < -0.4 is 10.6 Å². The Hall–Kier alpha value is -2.08. The Balaban J connectivity index is 1.85. The standard InChI is InChI=1S/C13H16N6/c1-9-17-11(10-3-6-14-8-10)7-12(18-9)19-13-15-4-2-5-16-13/h2,4-5,7,10,14H,3,6,8H2,1H3,(H,15,16,17,18,19)/t10-/m0/s1. The van der Waals surface area contributed by atoms with Gasteiger partial charge in [-0.3, -0.25) is 0 Å². The smallest absolute Gasteiger partial charge is 0.228 e. The van der Waals surface area contributed by atoms with E-state index < -0.39 is 0 Å². The molecule has 1 fully saturated rings. The summed E-state index contributed by atoms with van der Waals surface area (Å²) in [5.41, 5.74) is 1.08. The second kappa shape index (κ2) is 5.27. The van der Waals surface area contributed by atoms with Crippen molar-refractivity contribution >= 4 is 11.8 Å². The minimum atomic E-state index is 0.471. The van der Waals surface area contributed by atoms with E-state index in [2.05, 4.69) is 30.6 Å². The van der Waals surface area contributed by atoms with Gasteiger partial charge in [-0.2, -0.15) is 0 Å². The Morgan fingerprint density at radius 1 is 1.26 bits per heavy atom. The molecule has 0 radical (unpaired) electrons. The summed E-state index contributed by atoms with van der Waals surface area (Å²) in [4.78, 5) is 17.2.